The van der Waals surface area contributed by atoms with E-state index in [2.05, 4.69) is 0 Å². The lowest BCUT2D eigenvalue weighted by Crippen LogP contribution is -2.60. The SMILES string of the molecule is COc1cc(C=CC(=O)OCc2ccccc2O[C@@H]2O[C@H](CO)[C@@H](O)[C@H](O)[C@H]2O)ccc1O. The number of phenolic OH excluding ortho intramolecular Hbond substituents is 1. The van der Waals surface area contributed by atoms with Crippen molar-refractivity contribution in [3.05, 3.63) is 59.7 Å². The molecule has 0 unspecified atom stereocenters. The Morgan fingerprint density at radius 3 is 2.55 bits per heavy atom. The van der Waals surface area contributed by atoms with Gasteiger partial charge in [-0.15, -0.1) is 0 Å². The molecule has 1 aliphatic rings. The summed E-state index contributed by atoms with van der Waals surface area (Å²) >= 11 is 0. The van der Waals surface area contributed by atoms with Crippen LogP contribution in [0.15, 0.2) is 48.5 Å². The van der Waals surface area contributed by atoms with E-state index in [0.29, 0.717) is 11.1 Å². The maximum Gasteiger partial charge on any atom is 0.331 e. The Morgan fingerprint density at radius 1 is 1.06 bits per heavy atom. The summed E-state index contributed by atoms with van der Waals surface area (Å²) in [5.74, 6) is -0.162. The molecule has 0 aliphatic carbocycles. The number of hydrogen-bond donors (Lipinski definition) is 5. The minimum absolute atomic E-state index is 0.0202. The molecule has 5 N–H and O–H groups in total. The number of aromatic hydroxyl groups is 1. The van der Waals surface area contributed by atoms with Gasteiger partial charge < -0.3 is 44.5 Å². The summed E-state index contributed by atoms with van der Waals surface area (Å²) in [4.78, 5) is 12.1. The van der Waals surface area contributed by atoms with Gasteiger partial charge in [0.2, 0.25) is 6.29 Å². The summed E-state index contributed by atoms with van der Waals surface area (Å²) in [6, 6.07) is 11.2. The Balaban J connectivity index is 1.63. The molecular formula is C23H26O10. The first-order chi connectivity index (χ1) is 15.8. The van der Waals surface area contributed by atoms with Crippen molar-refractivity contribution < 1.29 is 49.3 Å². The topological polar surface area (TPSA) is 155 Å². The fraction of sp³-hybridized carbons (Fsp3) is 0.348. The van der Waals surface area contributed by atoms with Crippen LogP contribution in [0.5, 0.6) is 17.2 Å². The van der Waals surface area contributed by atoms with Gasteiger partial charge in [0.1, 0.15) is 36.8 Å². The first-order valence-electron chi connectivity index (χ1n) is 10.1. The molecule has 0 bridgehead atoms. The van der Waals surface area contributed by atoms with E-state index < -0.39 is 43.3 Å². The Kier molecular flexibility index (Phi) is 8.26. The lowest BCUT2D eigenvalue weighted by molar-refractivity contribution is -0.277. The summed E-state index contributed by atoms with van der Waals surface area (Å²) in [6.07, 6.45) is -4.39. The third-order valence-electron chi connectivity index (χ3n) is 5.05. The minimum Gasteiger partial charge on any atom is -0.504 e. The largest absolute Gasteiger partial charge is 0.504 e. The van der Waals surface area contributed by atoms with Crippen LogP contribution in [0, 0.1) is 0 Å². The molecule has 178 valence electrons. The van der Waals surface area contributed by atoms with E-state index in [9.17, 15) is 30.3 Å². The highest BCUT2D eigenvalue weighted by Crippen LogP contribution is 2.28. The molecule has 2 aromatic rings. The third-order valence-corrected chi connectivity index (χ3v) is 5.05. The van der Waals surface area contributed by atoms with E-state index in [1.807, 2.05) is 0 Å². The molecule has 3 rings (SSSR count). The van der Waals surface area contributed by atoms with E-state index >= 15 is 0 Å². The molecular weight excluding hydrogens is 436 g/mol. The van der Waals surface area contributed by atoms with Gasteiger partial charge in [-0.3, -0.25) is 0 Å². The number of aliphatic hydroxyl groups is 4. The van der Waals surface area contributed by atoms with Crippen LogP contribution in [0.4, 0.5) is 0 Å². The number of hydrogen-bond acceptors (Lipinski definition) is 10. The predicted octanol–water partition coefficient (Wildman–Crippen LogP) is 0.336. The van der Waals surface area contributed by atoms with Crippen molar-refractivity contribution >= 4 is 12.0 Å². The van der Waals surface area contributed by atoms with E-state index in [1.165, 1.54) is 25.3 Å². The number of carbonyl (C=O) groups excluding carboxylic acids is 1. The van der Waals surface area contributed by atoms with Gasteiger partial charge >= 0.3 is 5.97 Å². The zero-order valence-electron chi connectivity index (χ0n) is 17.8. The van der Waals surface area contributed by atoms with Crippen LogP contribution in [-0.4, -0.2) is 75.9 Å². The highest BCUT2D eigenvalue weighted by atomic mass is 16.7. The maximum absolute atomic E-state index is 12.1. The molecule has 1 heterocycles. The average molecular weight is 462 g/mol. The second kappa shape index (κ2) is 11.1. The number of esters is 1. The summed E-state index contributed by atoms with van der Waals surface area (Å²) in [6.45, 7) is -0.737. The van der Waals surface area contributed by atoms with Crippen molar-refractivity contribution in [2.75, 3.05) is 13.7 Å². The number of carbonyl (C=O) groups is 1. The van der Waals surface area contributed by atoms with Crippen LogP contribution >= 0.6 is 0 Å². The monoisotopic (exact) mass is 462 g/mol. The molecule has 0 amide bonds. The Hall–Kier alpha value is -3.15. The van der Waals surface area contributed by atoms with Crippen LogP contribution < -0.4 is 9.47 Å². The van der Waals surface area contributed by atoms with Crippen LogP contribution in [0.3, 0.4) is 0 Å². The molecule has 0 spiro atoms. The van der Waals surface area contributed by atoms with Gasteiger partial charge in [0.25, 0.3) is 0 Å². The molecule has 5 atom stereocenters. The fourth-order valence-electron chi connectivity index (χ4n) is 3.19. The molecule has 33 heavy (non-hydrogen) atoms. The maximum atomic E-state index is 12.1. The summed E-state index contributed by atoms with van der Waals surface area (Å²) < 4.78 is 21.3. The number of benzene rings is 2. The van der Waals surface area contributed by atoms with E-state index in [1.54, 1.807) is 36.4 Å². The Labute approximate surface area is 189 Å². The van der Waals surface area contributed by atoms with Crippen molar-refractivity contribution in [3.63, 3.8) is 0 Å². The predicted molar refractivity (Wildman–Crippen MR) is 114 cm³/mol. The van der Waals surface area contributed by atoms with Crippen molar-refractivity contribution in [3.8, 4) is 17.2 Å². The standard InChI is InChI=1S/C23H26O10/c1-30-17-10-13(6-8-15(17)25)7-9-19(26)31-12-14-4-2-3-5-16(14)32-23-22(29)21(28)20(27)18(11-24)33-23/h2-10,18,20-25,27-29H,11-12H2,1H3/t18-,20-,21+,22-,23-/m1/s1. The fourth-order valence-corrected chi connectivity index (χ4v) is 3.19. The summed E-state index contributed by atoms with van der Waals surface area (Å²) in [5, 5.41) is 48.9. The van der Waals surface area contributed by atoms with E-state index in [-0.39, 0.29) is 23.9 Å². The highest BCUT2D eigenvalue weighted by Gasteiger charge is 2.44. The van der Waals surface area contributed by atoms with Crippen LogP contribution in [0.2, 0.25) is 0 Å². The molecule has 1 saturated heterocycles. The first kappa shape index (κ1) is 24.5. The normalized spacial score (nSPS) is 25.1. The zero-order chi connectivity index (χ0) is 24.0. The third kappa shape index (κ3) is 6.01. The average Bonchev–Trinajstić information content (AvgIpc) is 2.83. The highest BCUT2D eigenvalue weighted by molar-refractivity contribution is 5.87. The van der Waals surface area contributed by atoms with Gasteiger partial charge in [-0.25, -0.2) is 4.79 Å². The number of para-hydroxylation sites is 1. The molecule has 0 aromatic heterocycles. The van der Waals surface area contributed by atoms with Gasteiger partial charge in [-0.05, 0) is 29.8 Å². The smallest absolute Gasteiger partial charge is 0.331 e. The molecule has 0 radical (unpaired) electrons. The van der Waals surface area contributed by atoms with Crippen LogP contribution in [0.1, 0.15) is 11.1 Å². The van der Waals surface area contributed by atoms with Gasteiger partial charge in [-0.1, -0.05) is 24.3 Å². The number of aliphatic hydroxyl groups excluding tert-OH is 4. The lowest BCUT2D eigenvalue weighted by atomic mass is 9.99. The lowest BCUT2D eigenvalue weighted by Gasteiger charge is -2.39. The Morgan fingerprint density at radius 2 is 1.82 bits per heavy atom. The number of rotatable bonds is 8. The molecule has 1 fully saturated rings. The first-order valence-corrected chi connectivity index (χ1v) is 10.1. The number of ether oxygens (including phenoxy) is 4. The van der Waals surface area contributed by atoms with Crippen LogP contribution in [-0.2, 0) is 20.9 Å². The molecule has 1 aliphatic heterocycles. The van der Waals surface area contributed by atoms with Crippen molar-refractivity contribution in [2.45, 2.75) is 37.3 Å². The van der Waals surface area contributed by atoms with Crippen molar-refractivity contribution in [1.82, 2.24) is 0 Å². The Bertz CT molecular complexity index is 973. The zero-order valence-corrected chi connectivity index (χ0v) is 17.8. The van der Waals surface area contributed by atoms with Gasteiger partial charge in [0.15, 0.2) is 11.5 Å². The van der Waals surface area contributed by atoms with E-state index in [4.69, 9.17) is 18.9 Å². The quantitative estimate of drug-likeness (QED) is 0.274. The van der Waals surface area contributed by atoms with Crippen molar-refractivity contribution in [1.29, 1.82) is 0 Å². The molecule has 2 aromatic carbocycles. The molecule has 0 saturated carbocycles. The number of methoxy groups -OCH3 is 1. The summed E-state index contributed by atoms with van der Waals surface area (Å²) in [5.41, 5.74) is 1.08. The number of phenols is 1. The van der Waals surface area contributed by atoms with Crippen LogP contribution in [0.25, 0.3) is 6.08 Å². The second-order valence-corrected chi connectivity index (χ2v) is 7.30. The second-order valence-electron chi connectivity index (χ2n) is 7.30. The summed E-state index contributed by atoms with van der Waals surface area (Å²) in [7, 11) is 1.42. The molecule has 10 nitrogen and oxygen atoms in total. The van der Waals surface area contributed by atoms with Gasteiger partial charge in [-0.2, -0.15) is 0 Å². The minimum atomic E-state index is -1.57. The van der Waals surface area contributed by atoms with Crippen molar-refractivity contribution in [2.24, 2.45) is 0 Å². The molecule has 10 heteroatoms. The van der Waals surface area contributed by atoms with E-state index in [0.717, 1.165) is 0 Å². The van der Waals surface area contributed by atoms with Gasteiger partial charge in [0.05, 0.1) is 13.7 Å². The van der Waals surface area contributed by atoms with Gasteiger partial charge in [0, 0.05) is 11.6 Å².